The van der Waals surface area contributed by atoms with Gasteiger partial charge in [-0.05, 0) is 54.6 Å². The normalized spacial score (nSPS) is 27.4. The van der Waals surface area contributed by atoms with Gasteiger partial charge in [-0.3, -0.25) is 0 Å². The van der Waals surface area contributed by atoms with E-state index in [4.69, 9.17) is 0 Å². The molecule has 3 aliphatic rings. The predicted molar refractivity (Wildman–Crippen MR) is 154 cm³/mol. The molecule has 0 N–H and O–H groups in total. The van der Waals surface area contributed by atoms with Gasteiger partial charge in [0.05, 0.1) is 5.16 Å². The van der Waals surface area contributed by atoms with E-state index in [9.17, 15) is 0 Å². The SMILES string of the molecule is CC(C)C1=CC(C(C)C)(P(=O)(C2CCCCC2)C2CCCCC2)C(c2ccccc2)C(C(C)C)=C1. The molecule has 2 atom stereocenters. The fraction of sp³-hybridized carbons (Fsp3) is 0.697. The summed E-state index contributed by atoms with van der Waals surface area (Å²) in [5.74, 6) is 1.43. The summed E-state index contributed by atoms with van der Waals surface area (Å²) in [5, 5.41) is -0.299. The average molecular weight is 495 g/mol. The zero-order chi connectivity index (χ0) is 25.2. The molecular weight excluding hydrogens is 443 g/mol. The van der Waals surface area contributed by atoms with E-state index in [1.54, 1.807) is 0 Å². The molecule has 2 saturated carbocycles. The number of allylic oxidation sites excluding steroid dienone is 4. The van der Waals surface area contributed by atoms with E-state index in [1.165, 1.54) is 80.9 Å². The third-order valence-electron chi connectivity index (χ3n) is 9.76. The smallest absolute Gasteiger partial charge is 0.104 e. The van der Waals surface area contributed by atoms with E-state index in [2.05, 4.69) is 84.0 Å². The average Bonchev–Trinajstić information content (AvgIpc) is 2.88. The van der Waals surface area contributed by atoms with Gasteiger partial charge in [-0.25, -0.2) is 0 Å². The molecule has 1 nitrogen and oxygen atoms in total. The molecule has 0 amide bonds. The lowest BCUT2D eigenvalue weighted by molar-refractivity contribution is 0.366. The van der Waals surface area contributed by atoms with Gasteiger partial charge in [0.2, 0.25) is 0 Å². The lowest BCUT2D eigenvalue weighted by Gasteiger charge is -2.57. The first kappa shape index (κ1) is 27.0. The first-order valence-electron chi connectivity index (χ1n) is 14.8. The molecule has 35 heavy (non-hydrogen) atoms. The zero-order valence-electron chi connectivity index (χ0n) is 23.4. The van der Waals surface area contributed by atoms with E-state index >= 15 is 4.57 Å². The van der Waals surface area contributed by atoms with Crippen LogP contribution in [0.1, 0.15) is 117 Å². The van der Waals surface area contributed by atoms with Crippen molar-refractivity contribution < 1.29 is 4.57 Å². The van der Waals surface area contributed by atoms with E-state index < -0.39 is 7.14 Å². The first-order valence-corrected chi connectivity index (χ1v) is 16.7. The van der Waals surface area contributed by atoms with Gasteiger partial charge in [0.25, 0.3) is 0 Å². The molecule has 0 radical (unpaired) electrons. The highest BCUT2D eigenvalue weighted by Crippen LogP contribution is 2.77. The largest absolute Gasteiger partial charge is 0.322 e. The Morgan fingerprint density at radius 2 is 1.26 bits per heavy atom. The van der Waals surface area contributed by atoms with Gasteiger partial charge >= 0.3 is 0 Å². The molecule has 2 heteroatoms. The topological polar surface area (TPSA) is 17.1 Å². The Balaban J connectivity index is 2.05. The standard InChI is InChI=1S/C33H51OP/c1-24(2)28-22-31(25(3)4)32(27-16-10-7-11-17-27)33(23-28,26(5)6)35(34,29-18-12-8-13-19-29)30-20-14-9-15-21-30/h7,10-11,16-17,22-26,29-30,32H,8-9,12-15,18-21H2,1-6H3. The minimum atomic E-state index is -2.63. The molecule has 0 aliphatic heterocycles. The highest BCUT2D eigenvalue weighted by atomic mass is 31.2. The van der Waals surface area contributed by atoms with Crippen molar-refractivity contribution in [3.63, 3.8) is 0 Å². The number of hydrogen-bond donors (Lipinski definition) is 0. The summed E-state index contributed by atoms with van der Waals surface area (Å²) in [6, 6.07) is 11.2. The van der Waals surface area contributed by atoms with Crippen LogP contribution in [0, 0.1) is 17.8 Å². The molecule has 0 heterocycles. The molecule has 1 aromatic carbocycles. The van der Waals surface area contributed by atoms with Gasteiger partial charge in [-0.15, -0.1) is 0 Å². The van der Waals surface area contributed by atoms with E-state index in [0.717, 1.165) is 0 Å². The molecule has 3 aliphatic carbocycles. The summed E-state index contributed by atoms with van der Waals surface area (Å²) < 4.78 is 16.5. The fourth-order valence-corrected chi connectivity index (χ4v) is 13.9. The van der Waals surface area contributed by atoms with Gasteiger partial charge in [-0.1, -0.05) is 128 Å². The van der Waals surface area contributed by atoms with Crippen molar-refractivity contribution in [1.29, 1.82) is 0 Å². The lowest BCUT2D eigenvalue weighted by Crippen LogP contribution is -2.49. The van der Waals surface area contributed by atoms with Gasteiger partial charge in [0.15, 0.2) is 0 Å². The molecule has 0 spiro atoms. The van der Waals surface area contributed by atoms with Crippen LogP contribution < -0.4 is 0 Å². The lowest BCUT2D eigenvalue weighted by atomic mass is 9.67. The number of hydrogen-bond acceptors (Lipinski definition) is 1. The van der Waals surface area contributed by atoms with Gasteiger partial charge in [0, 0.05) is 17.2 Å². The summed E-state index contributed by atoms with van der Waals surface area (Å²) in [5.41, 5.74) is 5.12. The molecule has 0 bridgehead atoms. The van der Waals surface area contributed by atoms with Crippen LogP contribution in [0.3, 0.4) is 0 Å². The molecule has 2 unspecified atom stereocenters. The molecular formula is C33H51OP. The van der Waals surface area contributed by atoms with Crippen molar-refractivity contribution in [2.24, 2.45) is 17.8 Å². The molecule has 0 aromatic heterocycles. The van der Waals surface area contributed by atoms with Crippen LogP contribution in [0.15, 0.2) is 53.6 Å². The van der Waals surface area contributed by atoms with Crippen LogP contribution in [0.2, 0.25) is 0 Å². The van der Waals surface area contributed by atoms with Crippen molar-refractivity contribution >= 4 is 7.14 Å². The van der Waals surface area contributed by atoms with Crippen molar-refractivity contribution in [3.8, 4) is 0 Å². The summed E-state index contributed by atoms with van der Waals surface area (Å²) in [6.07, 6.45) is 17.5. The maximum Gasteiger partial charge on any atom is 0.104 e. The van der Waals surface area contributed by atoms with Crippen LogP contribution in [0.25, 0.3) is 0 Å². The third-order valence-corrected chi connectivity index (χ3v) is 15.1. The summed E-state index contributed by atoms with van der Waals surface area (Å²) >= 11 is 0. The van der Waals surface area contributed by atoms with Crippen molar-refractivity contribution in [2.45, 2.75) is 128 Å². The monoisotopic (exact) mass is 494 g/mol. The minimum absolute atomic E-state index is 0.209. The quantitative estimate of drug-likeness (QED) is 0.345. The van der Waals surface area contributed by atoms with Crippen LogP contribution in [0.4, 0.5) is 0 Å². The Kier molecular flexibility index (Phi) is 8.58. The van der Waals surface area contributed by atoms with Crippen LogP contribution in [-0.4, -0.2) is 16.5 Å². The highest BCUT2D eigenvalue weighted by Gasteiger charge is 2.61. The third kappa shape index (κ3) is 4.81. The Bertz CT molecular complexity index is 919. The molecule has 4 rings (SSSR count). The molecule has 194 valence electrons. The maximum absolute atomic E-state index is 16.5. The second-order valence-electron chi connectivity index (χ2n) is 12.8. The Hall–Kier alpha value is -1.07. The van der Waals surface area contributed by atoms with Crippen molar-refractivity contribution in [3.05, 3.63) is 59.2 Å². The molecule has 1 aromatic rings. The Morgan fingerprint density at radius 3 is 1.69 bits per heavy atom. The first-order chi connectivity index (χ1) is 16.7. The van der Waals surface area contributed by atoms with Crippen molar-refractivity contribution in [2.75, 3.05) is 0 Å². The minimum Gasteiger partial charge on any atom is -0.322 e. The maximum atomic E-state index is 16.5. The summed E-state index contributed by atoms with van der Waals surface area (Å²) in [7, 11) is -2.63. The summed E-state index contributed by atoms with van der Waals surface area (Å²) in [6.45, 7) is 14.2. The van der Waals surface area contributed by atoms with E-state index in [1.807, 2.05) is 0 Å². The van der Waals surface area contributed by atoms with Crippen LogP contribution in [0.5, 0.6) is 0 Å². The second kappa shape index (κ2) is 11.1. The molecule has 0 saturated heterocycles. The van der Waals surface area contributed by atoms with Gasteiger partial charge in [-0.2, -0.15) is 0 Å². The van der Waals surface area contributed by atoms with Gasteiger partial charge < -0.3 is 4.57 Å². The second-order valence-corrected chi connectivity index (χ2v) is 16.4. The van der Waals surface area contributed by atoms with E-state index in [-0.39, 0.29) is 11.1 Å². The fourth-order valence-electron chi connectivity index (χ4n) is 7.94. The van der Waals surface area contributed by atoms with Crippen LogP contribution in [-0.2, 0) is 4.57 Å². The highest BCUT2D eigenvalue weighted by molar-refractivity contribution is 7.67. The Labute approximate surface area is 216 Å². The summed E-state index contributed by atoms with van der Waals surface area (Å²) in [4.78, 5) is 0. The Morgan fingerprint density at radius 1 is 0.743 bits per heavy atom. The predicted octanol–water partition coefficient (Wildman–Crippen LogP) is 10.4. The van der Waals surface area contributed by atoms with Crippen LogP contribution >= 0.6 is 7.14 Å². The number of rotatable bonds is 7. The molecule has 2 fully saturated rings. The number of benzene rings is 1. The van der Waals surface area contributed by atoms with Crippen molar-refractivity contribution in [1.82, 2.24) is 0 Å². The zero-order valence-corrected chi connectivity index (χ0v) is 24.3. The van der Waals surface area contributed by atoms with Gasteiger partial charge in [0.1, 0.15) is 7.14 Å². The van der Waals surface area contributed by atoms with E-state index in [0.29, 0.717) is 29.1 Å².